The molecule has 1 saturated heterocycles. The Morgan fingerprint density at radius 2 is 1.76 bits per heavy atom. The number of anilines is 5. The molecule has 4 aromatic rings. The third-order valence-corrected chi connectivity index (χ3v) is 6.99. The van der Waals surface area contributed by atoms with E-state index in [1.54, 1.807) is 23.4 Å². The van der Waals surface area contributed by atoms with Crippen LogP contribution in [-0.2, 0) is 4.79 Å². The number of rotatable bonds is 6. The number of amides is 3. The number of aromatic nitrogens is 2. The van der Waals surface area contributed by atoms with E-state index in [1.165, 1.54) is 30.5 Å². The Balaban J connectivity index is 1.17. The fraction of sp³-hybridized carbons (Fsp3) is 0.167. The smallest absolute Gasteiger partial charge is 0.409 e. The van der Waals surface area contributed by atoms with Crippen LogP contribution < -0.4 is 25.6 Å². The molecule has 2 aliphatic heterocycles. The third-order valence-electron chi connectivity index (χ3n) is 6.99. The van der Waals surface area contributed by atoms with E-state index in [1.807, 2.05) is 31.2 Å². The quantitative estimate of drug-likeness (QED) is 0.235. The lowest BCUT2D eigenvalue weighted by Crippen LogP contribution is -2.24. The number of carboxylic acid groups (broad SMARTS) is 1. The molecule has 206 valence electrons. The predicted molar refractivity (Wildman–Crippen MR) is 154 cm³/mol. The first-order valence-electron chi connectivity index (χ1n) is 13.1. The van der Waals surface area contributed by atoms with Crippen LogP contribution in [0.4, 0.5) is 33.4 Å². The number of hydrogen-bond donors (Lipinski definition) is 4. The van der Waals surface area contributed by atoms with E-state index in [0.717, 1.165) is 41.1 Å². The van der Waals surface area contributed by atoms with Crippen LogP contribution in [0.5, 0.6) is 5.75 Å². The van der Waals surface area contributed by atoms with Crippen molar-refractivity contribution < 1.29 is 24.2 Å². The molecule has 4 N–H and O–H groups in total. The molecule has 0 aliphatic carbocycles. The summed E-state index contributed by atoms with van der Waals surface area (Å²) in [5.74, 6) is 1.09. The van der Waals surface area contributed by atoms with Crippen molar-refractivity contribution in [2.45, 2.75) is 25.9 Å². The van der Waals surface area contributed by atoms with E-state index in [4.69, 9.17) is 9.84 Å². The number of carbonyl (C=O) groups is 3. The Hall–Kier alpha value is -5.45. The number of nitrogens with zero attached hydrogens (tertiary/aromatic N) is 3. The normalized spacial score (nSPS) is 15.4. The Labute approximate surface area is 235 Å². The van der Waals surface area contributed by atoms with Gasteiger partial charge in [-0.25, -0.2) is 9.78 Å². The Kier molecular flexibility index (Phi) is 6.68. The zero-order valence-electron chi connectivity index (χ0n) is 22.0. The highest BCUT2D eigenvalue weighted by Crippen LogP contribution is 2.44. The van der Waals surface area contributed by atoms with Gasteiger partial charge in [0.1, 0.15) is 17.7 Å². The summed E-state index contributed by atoms with van der Waals surface area (Å²) < 4.78 is 6.24. The molecule has 0 saturated carbocycles. The predicted octanol–water partition coefficient (Wildman–Crippen LogP) is 5.81. The lowest BCUT2D eigenvalue weighted by Gasteiger charge is -2.28. The summed E-state index contributed by atoms with van der Waals surface area (Å²) in [4.78, 5) is 46.3. The van der Waals surface area contributed by atoms with Gasteiger partial charge in [0, 0.05) is 58.9 Å². The molecule has 2 aromatic heterocycles. The number of pyridine rings is 2. The highest BCUT2D eigenvalue weighted by molar-refractivity contribution is 6.04. The molecule has 2 aliphatic rings. The zero-order chi connectivity index (χ0) is 28.5. The van der Waals surface area contributed by atoms with Crippen molar-refractivity contribution >= 4 is 46.5 Å². The molecular weight excluding hydrogens is 524 g/mol. The average molecular weight is 551 g/mol. The summed E-state index contributed by atoms with van der Waals surface area (Å²) in [6.07, 6.45) is 4.99. The summed E-state index contributed by atoms with van der Waals surface area (Å²) in [7, 11) is 0. The van der Waals surface area contributed by atoms with E-state index in [-0.39, 0.29) is 17.9 Å². The van der Waals surface area contributed by atoms with Gasteiger partial charge in [0.05, 0.1) is 23.8 Å². The largest absolute Gasteiger partial charge is 0.485 e. The van der Waals surface area contributed by atoms with Crippen molar-refractivity contribution in [2.24, 2.45) is 0 Å². The second-order valence-electron chi connectivity index (χ2n) is 9.80. The highest BCUT2D eigenvalue weighted by Gasteiger charge is 2.27. The minimum atomic E-state index is -1.18. The Bertz CT molecular complexity index is 1670. The molecular formula is C30H26N6O5. The average Bonchev–Trinajstić information content (AvgIpc) is 3.39. The highest BCUT2D eigenvalue weighted by atomic mass is 16.5. The number of hydrogen-bond acceptors (Lipinski definition) is 7. The van der Waals surface area contributed by atoms with Crippen molar-refractivity contribution in [3.8, 4) is 16.9 Å². The zero-order valence-corrected chi connectivity index (χ0v) is 22.0. The topological polar surface area (TPSA) is 146 Å². The number of ether oxygens (including phenoxy) is 1. The number of nitrogens with one attached hydrogen (secondary N) is 3. The van der Waals surface area contributed by atoms with Crippen LogP contribution in [0.1, 0.15) is 41.8 Å². The maximum atomic E-state index is 12.7. The monoisotopic (exact) mass is 550 g/mol. The van der Waals surface area contributed by atoms with Crippen LogP contribution in [0.2, 0.25) is 0 Å². The fourth-order valence-corrected chi connectivity index (χ4v) is 5.03. The van der Waals surface area contributed by atoms with Gasteiger partial charge in [-0.05, 0) is 61.9 Å². The number of fused-ring (bicyclic) bond motifs is 3. The molecule has 41 heavy (non-hydrogen) atoms. The van der Waals surface area contributed by atoms with Gasteiger partial charge in [0.25, 0.3) is 5.91 Å². The van der Waals surface area contributed by atoms with Crippen molar-refractivity contribution in [3.63, 3.8) is 0 Å². The van der Waals surface area contributed by atoms with Crippen LogP contribution >= 0.6 is 0 Å². The lowest BCUT2D eigenvalue weighted by atomic mass is 9.94. The summed E-state index contributed by atoms with van der Waals surface area (Å²) in [5, 5.41) is 17.1. The van der Waals surface area contributed by atoms with Gasteiger partial charge in [-0.1, -0.05) is 0 Å². The van der Waals surface area contributed by atoms with E-state index >= 15 is 0 Å². The standard InChI is InChI=1S/C30H26N6O5/c1-17-24-13-27(32-16-25(24)23-9-8-22(12-26(23)41-17)36-10-2-3-28(36)37)33-20-11-21(15-31-14-20)34-29(38)18-4-6-19(7-5-18)35-30(39)40/h4-9,11-17,35H,2-3,10H2,1H3,(H,32,33)(H,34,38)(H,39,40). The summed E-state index contributed by atoms with van der Waals surface area (Å²) in [6.45, 7) is 2.70. The molecule has 11 heteroatoms. The van der Waals surface area contributed by atoms with Crippen molar-refractivity contribution in [3.05, 3.63) is 84.3 Å². The van der Waals surface area contributed by atoms with Gasteiger partial charge in [-0.2, -0.15) is 0 Å². The minimum absolute atomic E-state index is 0.133. The van der Waals surface area contributed by atoms with Crippen molar-refractivity contribution in [1.29, 1.82) is 0 Å². The third kappa shape index (κ3) is 5.37. The molecule has 1 atom stereocenters. The van der Waals surface area contributed by atoms with Crippen molar-refractivity contribution in [2.75, 3.05) is 27.4 Å². The first-order valence-corrected chi connectivity index (χ1v) is 13.1. The molecule has 4 heterocycles. The lowest BCUT2D eigenvalue weighted by molar-refractivity contribution is -0.117. The van der Waals surface area contributed by atoms with Gasteiger partial charge >= 0.3 is 6.09 Å². The van der Waals surface area contributed by atoms with E-state index in [0.29, 0.717) is 34.9 Å². The summed E-state index contributed by atoms with van der Waals surface area (Å²) in [6, 6.07) is 15.6. The number of benzene rings is 2. The number of carbonyl (C=O) groups excluding carboxylic acids is 2. The maximum Gasteiger partial charge on any atom is 0.409 e. The molecule has 0 bridgehead atoms. The van der Waals surface area contributed by atoms with Crippen LogP contribution in [0.15, 0.2) is 73.2 Å². The first kappa shape index (κ1) is 25.8. The van der Waals surface area contributed by atoms with Gasteiger partial charge in [-0.3, -0.25) is 19.9 Å². The first-order chi connectivity index (χ1) is 19.8. The van der Waals surface area contributed by atoms with Crippen LogP contribution in [0.3, 0.4) is 0 Å². The molecule has 6 rings (SSSR count). The maximum absolute atomic E-state index is 12.7. The van der Waals surface area contributed by atoms with Crippen LogP contribution in [0.25, 0.3) is 11.1 Å². The Morgan fingerprint density at radius 3 is 2.51 bits per heavy atom. The van der Waals surface area contributed by atoms with Crippen LogP contribution in [-0.4, -0.2) is 39.5 Å². The SMILES string of the molecule is CC1Oc2cc(N3CCCC3=O)ccc2-c2cnc(Nc3cncc(NC(=O)c4ccc(NC(=O)O)cc4)c3)cc21. The summed E-state index contributed by atoms with van der Waals surface area (Å²) in [5.41, 5.74) is 5.54. The second-order valence-corrected chi connectivity index (χ2v) is 9.80. The van der Waals surface area contributed by atoms with Gasteiger partial charge < -0.3 is 25.4 Å². The van der Waals surface area contributed by atoms with Gasteiger partial charge in [0.2, 0.25) is 5.91 Å². The van der Waals surface area contributed by atoms with Crippen molar-refractivity contribution in [1.82, 2.24) is 9.97 Å². The molecule has 0 radical (unpaired) electrons. The molecule has 1 fully saturated rings. The molecule has 0 spiro atoms. The molecule has 2 aromatic carbocycles. The second kappa shape index (κ2) is 10.6. The Morgan fingerprint density at radius 1 is 0.951 bits per heavy atom. The van der Waals surface area contributed by atoms with E-state index < -0.39 is 6.09 Å². The van der Waals surface area contributed by atoms with E-state index in [2.05, 4.69) is 25.9 Å². The van der Waals surface area contributed by atoms with Gasteiger partial charge in [-0.15, -0.1) is 0 Å². The molecule has 3 amide bonds. The van der Waals surface area contributed by atoms with Crippen LogP contribution in [0, 0.1) is 0 Å². The summed E-state index contributed by atoms with van der Waals surface area (Å²) >= 11 is 0. The molecule has 1 unspecified atom stereocenters. The minimum Gasteiger partial charge on any atom is -0.485 e. The van der Waals surface area contributed by atoms with E-state index in [9.17, 15) is 14.4 Å². The fourth-order valence-electron chi connectivity index (χ4n) is 5.03. The van der Waals surface area contributed by atoms with Gasteiger partial charge in [0.15, 0.2) is 0 Å². The molecule has 11 nitrogen and oxygen atoms in total.